The molecule has 0 unspecified atom stereocenters. The molecule has 5 nitrogen and oxygen atoms in total. The van der Waals surface area contributed by atoms with Gasteiger partial charge in [0.1, 0.15) is 15.8 Å². The van der Waals surface area contributed by atoms with E-state index in [0.29, 0.717) is 15.0 Å². The maximum atomic E-state index is 12.4. The molecule has 0 atom stereocenters. The standard InChI is InChI=1S/C19H17NO4S2/c1-2-12-3-5-13(6-4-12)15-8-7-14(24-15)11-16-18(23)20(19(25)26-16)10-9-17(21)22/h3-8,11H,2,9-10H2,1H3,(H,21,22)/b16-11+. The zero-order valence-corrected chi connectivity index (χ0v) is 15.7. The number of aliphatic carboxylic acids is 1. The van der Waals surface area contributed by atoms with Crippen LogP contribution in [0, 0.1) is 0 Å². The highest BCUT2D eigenvalue weighted by Crippen LogP contribution is 2.33. The molecule has 0 radical (unpaired) electrons. The summed E-state index contributed by atoms with van der Waals surface area (Å²) in [5.41, 5.74) is 2.22. The number of benzene rings is 1. The van der Waals surface area contributed by atoms with Gasteiger partial charge in [0.05, 0.1) is 11.3 Å². The third-order valence-corrected chi connectivity index (χ3v) is 5.35. The van der Waals surface area contributed by atoms with Gasteiger partial charge in [-0.25, -0.2) is 0 Å². The smallest absolute Gasteiger partial charge is 0.305 e. The number of carboxylic acids is 1. The molecular weight excluding hydrogens is 370 g/mol. The number of rotatable bonds is 6. The van der Waals surface area contributed by atoms with Gasteiger partial charge >= 0.3 is 5.97 Å². The second-order valence-corrected chi connectivity index (χ2v) is 7.41. The minimum Gasteiger partial charge on any atom is -0.481 e. The lowest BCUT2D eigenvalue weighted by Crippen LogP contribution is -2.30. The fraction of sp³-hybridized carbons (Fsp3) is 0.211. The van der Waals surface area contributed by atoms with Crippen molar-refractivity contribution in [3.05, 3.63) is 52.6 Å². The van der Waals surface area contributed by atoms with Crippen molar-refractivity contribution in [1.29, 1.82) is 0 Å². The monoisotopic (exact) mass is 387 g/mol. The highest BCUT2D eigenvalue weighted by Gasteiger charge is 2.32. The molecule has 1 fully saturated rings. The van der Waals surface area contributed by atoms with Crippen LogP contribution in [0.2, 0.25) is 0 Å². The molecule has 1 N–H and O–H groups in total. The first-order valence-electron chi connectivity index (χ1n) is 8.14. The molecule has 1 amide bonds. The molecule has 2 aromatic rings. The van der Waals surface area contributed by atoms with Crippen molar-refractivity contribution < 1.29 is 19.1 Å². The average Bonchev–Trinajstić information content (AvgIpc) is 3.19. The molecule has 0 bridgehead atoms. The van der Waals surface area contributed by atoms with Crippen LogP contribution in [-0.2, 0) is 16.0 Å². The van der Waals surface area contributed by atoms with E-state index in [4.69, 9.17) is 21.7 Å². The maximum absolute atomic E-state index is 12.4. The molecule has 0 spiro atoms. The van der Waals surface area contributed by atoms with Crippen molar-refractivity contribution in [3.63, 3.8) is 0 Å². The molecule has 1 aromatic carbocycles. The van der Waals surface area contributed by atoms with E-state index >= 15 is 0 Å². The minimum atomic E-state index is -0.965. The lowest BCUT2D eigenvalue weighted by molar-refractivity contribution is -0.137. The Morgan fingerprint density at radius 3 is 2.65 bits per heavy atom. The van der Waals surface area contributed by atoms with Crippen molar-refractivity contribution in [3.8, 4) is 11.3 Å². The first-order chi connectivity index (χ1) is 12.5. The van der Waals surface area contributed by atoms with Crippen molar-refractivity contribution in [1.82, 2.24) is 4.90 Å². The number of thioether (sulfide) groups is 1. The summed E-state index contributed by atoms with van der Waals surface area (Å²) in [6.45, 7) is 2.18. The van der Waals surface area contributed by atoms with Gasteiger partial charge in [0.25, 0.3) is 5.91 Å². The first-order valence-corrected chi connectivity index (χ1v) is 9.36. The van der Waals surface area contributed by atoms with Gasteiger partial charge in [-0.2, -0.15) is 0 Å². The Bertz CT molecular complexity index is 883. The average molecular weight is 387 g/mol. The largest absolute Gasteiger partial charge is 0.481 e. The van der Waals surface area contributed by atoms with Crippen LogP contribution in [0.15, 0.2) is 45.7 Å². The number of hydrogen-bond donors (Lipinski definition) is 1. The molecule has 1 aromatic heterocycles. The van der Waals surface area contributed by atoms with Crippen molar-refractivity contribution in [2.24, 2.45) is 0 Å². The molecule has 1 aliphatic heterocycles. The van der Waals surface area contributed by atoms with Crippen LogP contribution in [0.4, 0.5) is 0 Å². The third-order valence-electron chi connectivity index (χ3n) is 3.97. The Hall–Kier alpha value is -2.38. The lowest BCUT2D eigenvalue weighted by Gasteiger charge is -2.12. The molecular formula is C19H17NO4S2. The third kappa shape index (κ3) is 4.05. The topological polar surface area (TPSA) is 70.8 Å². The summed E-state index contributed by atoms with van der Waals surface area (Å²) in [5, 5.41) is 8.77. The van der Waals surface area contributed by atoms with Crippen LogP contribution in [0.5, 0.6) is 0 Å². The predicted molar refractivity (Wildman–Crippen MR) is 106 cm³/mol. The summed E-state index contributed by atoms with van der Waals surface area (Å²) in [6, 6.07) is 11.8. The fourth-order valence-corrected chi connectivity index (χ4v) is 3.81. The van der Waals surface area contributed by atoms with Gasteiger partial charge in [0, 0.05) is 18.2 Å². The van der Waals surface area contributed by atoms with Crippen LogP contribution in [0.3, 0.4) is 0 Å². The molecule has 134 valence electrons. The Morgan fingerprint density at radius 1 is 1.27 bits per heavy atom. The molecule has 0 saturated carbocycles. The van der Waals surface area contributed by atoms with Gasteiger partial charge in [-0.15, -0.1) is 0 Å². The summed E-state index contributed by atoms with van der Waals surface area (Å²) in [7, 11) is 0. The van der Waals surface area contributed by atoms with Crippen molar-refractivity contribution in [2.45, 2.75) is 19.8 Å². The summed E-state index contributed by atoms with van der Waals surface area (Å²) in [6.07, 6.45) is 2.48. The highest BCUT2D eigenvalue weighted by atomic mass is 32.2. The number of aryl methyl sites for hydroxylation is 1. The molecule has 1 aliphatic rings. The second-order valence-electron chi connectivity index (χ2n) is 5.73. The number of carboxylic acid groups (broad SMARTS) is 1. The zero-order valence-electron chi connectivity index (χ0n) is 14.1. The van der Waals surface area contributed by atoms with Gasteiger partial charge in [0.2, 0.25) is 0 Å². The summed E-state index contributed by atoms with van der Waals surface area (Å²) in [4.78, 5) is 24.8. The normalized spacial score (nSPS) is 15.9. The van der Waals surface area contributed by atoms with Crippen LogP contribution in [-0.4, -0.2) is 32.7 Å². The molecule has 0 aliphatic carbocycles. The number of carbonyl (C=O) groups is 2. The minimum absolute atomic E-state index is 0.0739. The highest BCUT2D eigenvalue weighted by molar-refractivity contribution is 8.26. The summed E-state index contributed by atoms with van der Waals surface area (Å²) >= 11 is 6.33. The van der Waals surface area contributed by atoms with E-state index in [1.54, 1.807) is 12.1 Å². The zero-order chi connectivity index (χ0) is 18.7. The molecule has 1 saturated heterocycles. The number of furan rings is 1. The van der Waals surface area contributed by atoms with Gasteiger partial charge < -0.3 is 9.52 Å². The fourth-order valence-electron chi connectivity index (χ4n) is 2.52. The van der Waals surface area contributed by atoms with E-state index in [9.17, 15) is 9.59 Å². The van der Waals surface area contributed by atoms with Gasteiger partial charge in [-0.3, -0.25) is 14.5 Å². The number of hydrogen-bond acceptors (Lipinski definition) is 5. The van der Waals surface area contributed by atoms with Crippen LogP contribution < -0.4 is 0 Å². The molecule has 3 rings (SSSR count). The van der Waals surface area contributed by atoms with Crippen molar-refractivity contribution in [2.75, 3.05) is 6.54 Å². The number of thiocarbonyl (C=S) groups is 1. The first kappa shape index (κ1) is 18.4. The van der Waals surface area contributed by atoms with Crippen molar-refractivity contribution >= 4 is 46.3 Å². The number of amides is 1. The van der Waals surface area contributed by atoms with Crippen LogP contribution >= 0.6 is 24.0 Å². The maximum Gasteiger partial charge on any atom is 0.305 e. The predicted octanol–water partition coefficient (Wildman–Crippen LogP) is 4.18. The van der Waals surface area contributed by atoms with Gasteiger partial charge in [-0.05, 0) is 24.1 Å². The summed E-state index contributed by atoms with van der Waals surface area (Å²) in [5.74, 6) is 0.0258. The SMILES string of the molecule is CCc1ccc(-c2ccc(/C=C3/SC(=S)N(CCC(=O)O)C3=O)o2)cc1. The second kappa shape index (κ2) is 7.88. The molecule has 26 heavy (non-hydrogen) atoms. The Morgan fingerprint density at radius 2 is 2.00 bits per heavy atom. The van der Waals surface area contributed by atoms with E-state index in [0.717, 1.165) is 29.5 Å². The number of nitrogens with zero attached hydrogens (tertiary/aromatic N) is 1. The summed E-state index contributed by atoms with van der Waals surface area (Å²) < 4.78 is 6.19. The Balaban J connectivity index is 1.76. The Labute approximate surface area is 160 Å². The van der Waals surface area contributed by atoms with E-state index < -0.39 is 5.97 Å². The van der Waals surface area contributed by atoms with E-state index in [2.05, 4.69) is 19.1 Å². The van der Waals surface area contributed by atoms with Gasteiger partial charge in [0.15, 0.2) is 0 Å². The van der Waals surface area contributed by atoms with Crippen LogP contribution in [0.25, 0.3) is 17.4 Å². The molecule has 2 heterocycles. The molecule has 7 heteroatoms. The Kier molecular flexibility index (Phi) is 5.58. The number of carbonyl (C=O) groups excluding carboxylic acids is 1. The van der Waals surface area contributed by atoms with Gasteiger partial charge in [-0.1, -0.05) is 55.2 Å². The van der Waals surface area contributed by atoms with Crippen LogP contribution in [0.1, 0.15) is 24.7 Å². The van der Waals surface area contributed by atoms with E-state index in [1.807, 2.05) is 18.2 Å². The van der Waals surface area contributed by atoms with E-state index in [-0.39, 0.29) is 18.9 Å². The van der Waals surface area contributed by atoms with E-state index in [1.165, 1.54) is 10.5 Å². The quantitative estimate of drug-likeness (QED) is 0.592. The lowest BCUT2D eigenvalue weighted by atomic mass is 10.1.